The average molecular weight is 268 g/mol. The summed E-state index contributed by atoms with van der Waals surface area (Å²) in [4.78, 5) is 18.8. The fourth-order valence-corrected chi connectivity index (χ4v) is 3.10. The van der Waals surface area contributed by atoms with Gasteiger partial charge in [-0.1, -0.05) is 6.42 Å². The van der Waals surface area contributed by atoms with Crippen LogP contribution < -0.4 is 5.73 Å². The highest BCUT2D eigenvalue weighted by molar-refractivity contribution is 5.83. The number of carbonyl (C=O) groups excluding carboxylic acids is 1. The molecule has 110 valence electrons. The molecule has 0 spiro atoms. The van der Waals surface area contributed by atoms with Gasteiger partial charge in [-0.25, -0.2) is 0 Å². The molecular formula is C14H28N4O. The van der Waals surface area contributed by atoms with Crippen molar-refractivity contribution in [2.45, 2.75) is 31.7 Å². The minimum absolute atomic E-state index is 0.157. The Hall–Kier alpha value is -0.650. The quantitative estimate of drug-likeness (QED) is 0.687. The van der Waals surface area contributed by atoms with Gasteiger partial charge < -0.3 is 15.5 Å². The van der Waals surface area contributed by atoms with E-state index in [9.17, 15) is 4.79 Å². The van der Waals surface area contributed by atoms with Crippen LogP contribution in [0, 0.1) is 0 Å². The Morgan fingerprint density at radius 1 is 1.11 bits per heavy atom. The fourth-order valence-electron chi connectivity index (χ4n) is 3.10. The maximum absolute atomic E-state index is 12.0. The summed E-state index contributed by atoms with van der Waals surface area (Å²) in [6, 6.07) is 0.157. The van der Waals surface area contributed by atoms with Gasteiger partial charge in [0.15, 0.2) is 0 Å². The summed E-state index contributed by atoms with van der Waals surface area (Å²) in [7, 11) is 1.91. The van der Waals surface area contributed by atoms with E-state index in [0.717, 1.165) is 52.1 Å². The molecule has 1 unspecified atom stereocenters. The number of amides is 1. The number of hydrogen-bond acceptors (Lipinski definition) is 4. The van der Waals surface area contributed by atoms with E-state index < -0.39 is 0 Å². The van der Waals surface area contributed by atoms with Crippen molar-refractivity contribution in [3.8, 4) is 0 Å². The Morgan fingerprint density at radius 3 is 2.42 bits per heavy atom. The molecule has 1 atom stereocenters. The molecule has 0 aromatic heterocycles. The number of piperazine rings is 1. The lowest BCUT2D eigenvalue weighted by molar-refractivity contribution is -0.131. The highest BCUT2D eigenvalue weighted by Gasteiger charge is 2.35. The predicted molar refractivity (Wildman–Crippen MR) is 77.0 cm³/mol. The second-order valence-corrected chi connectivity index (χ2v) is 5.79. The van der Waals surface area contributed by atoms with Crippen LogP contribution in [0.2, 0.25) is 0 Å². The molecule has 0 bridgehead atoms. The van der Waals surface area contributed by atoms with Crippen LogP contribution in [-0.4, -0.2) is 79.5 Å². The van der Waals surface area contributed by atoms with E-state index >= 15 is 0 Å². The van der Waals surface area contributed by atoms with Crippen LogP contribution in [-0.2, 0) is 4.79 Å². The molecule has 5 heteroatoms. The van der Waals surface area contributed by atoms with E-state index in [2.05, 4.69) is 9.80 Å². The van der Waals surface area contributed by atoms with Crippen LogP contribution >= 0.6 is 0 Å². The topological polar surface area (TPSA) is 52.8 Å². The highest BCUT2D eigenvalue weighted by atomic mass is 16.2. The number of nitrogens with zero attached hydrogens (tertiary/aromatic N) is 3. The third-order valence-corrected chi connectivity index (χ3v) is 4.43. The van der Waals surface area contributed by atoms with E-state index in [1.54, 1.807) is 0 Å². The van der Waals surface area contributed by atoms with Crippen LogP contribution in [0.5, 0.6) is 0 Å². The zero-order valence-electron chi connectivity index (χ0n) is 12.2. The molecule has 2 N–H and O–H groups in total. The van der Waals surface area contributed by atoms with Crippen LogP contribution in [0.1, 0.15) is 25.7 Å². The number of unbranched alkanes of at least 4 members (excludes halogenated alkanes) is 2. The van der Waals surface area contributed by atoms with E-state index in [1.807, 2.05) is 11.9 Å². The molecule has 2 aliphatic heterocycles. The maximum atomic E-state index is 12.0. The minimum Gasteiger partial charge on any atom is -0.344 e. The third kappa shape index (κ3) is 3.91. The van der Waals surface area contributed by atoms with Crippen molar-refractivity contribution in [2.24, 2.45) is 5.73 Å². The van der Waals surface area contributed by atoms with Crippen LogP contribution in [0.25, 0.3) is 0 Å². The van der Waals surface area contributed by atoms with Crippen molar-refractivity contribution in [1.82, 2.24) is 14.7 Å². The van der Waals surface area contributed by atoms with Crippen LogP contribution in [0.4, 0.5) is 0 Å². The molecule has 0 aromatic rings. The Balaban J connectivity index is 1.66. The maximum Gasteiger partial charge on any atom is 0.239 e. The predicted octanol–water partition coefficient (Wildman–Crippen LogP) is -0.0363. The summed E-state index contributed by atoms with van der Waals surface area (Å²) >= 11 is 0. The lowest BCUT2D eigenvalue weighted by Crippen LogP contribution is -2.52. The van der Waals surface area contributed by atoms with E-state index in [0.29, 0.717) is 5.91 Å². The van der Waals surface area contributed by atoms with Crippen molar-refractivity contribution in [1.29, 1.82) is 0 Å². The van der Waals surface area contributed by atoms with Gasteiger partial charge in [-0.2, -0.15) is 0 Å². The molecule has 0 saturated carbocycles. The number of carbonyl (C=O) groups is 1. The zero-order chi connectivity index (χ0) is 13.7. The van der Waals surface area contributed by atoms with Gasteiger partial charge in [0.1, 0.15) is 0 Å². The van der Waals surface area contributed by atoms with Gasteiger partial charge in [-0.05, 0) is 32.4 Å². The highest BCUT2D eigenvalue weighted by Crippen LogP contribution is 2.17. The largest absolute Gasteiger partial charge is 0.344 e. The lowest BCUT2D eigenvalue weighted by atomic mass is 10.1. The van der Waals surface area contributed by atoms with Crippen molar-refractivity contribution in [3.63, 3.8) is 0 Å². The molecule has 2 aliphatic rings. The molecular weight excluding hydrogens is 240 g/mol. The number of hydrogen-bond donors (Lipinski definition) is 1. The van der Waals surface area contributed by atoms with Gasteiger partial charge in [-0.15, -0.1) is 0 Å². The van der Waals surface area contributed by atoms with Gasteiger partial charge in [-0.3, -0.25) is 9.69 Å². The molecule has 0 aliphatic carbocycles. The summed E-state index contributed by atoms with van der Waals surface area (Å²) in [5.41, 5.74) is 5.50. The first-order valence-corrected chi connectivity index (χ1v) is 7.64. The molecule has 0 radical (unpaired) electrons. The van der Waals surface area contributed by atoms with Crippen molar-refractivity contribution in [3.05, 3.63) is 0 Å². The Bertz CT molecular complexity index is 289. The molecule has 5 nitrogen and oxygen atoms in total. The normalized spacial score (nSPS) is 26.3. The van der Waals surface area contributed by atoms with Crippen molar-refractivity contribution < 1.29 is 4.79 Å². The third-order valence-electron chi connectivity index (χ3n) is 4.43. The Labute approximate surface area is 116 Å². The molecule has 2 heterocycles. The zero-order valence-corrected chi connectivity index (χ0v) is 12.2. The molecule has 2 saturated heterocycles. The molecule has 0 aromatic carbocycles. The molecule has 2 rings (SSSR count). The minimum atomic E-state index is 0.157. The van der Waals surface area contributed by atoms with Gasteiger partial charge in [0.05, 0.1) is 6.04 Å². The van der Waals surface area contributed by atoms with Gasteiger partial charge >= 0.3 is 0 Å². The summed E-state index contributed by atoms with van der Waals surface area (Å²) in [6.45, 7) is 7.22. The van der Waals surface area contributed by atoms with Crippen molar-refractivity contribution in [2.75, 3.05) is 52.9 Å². The molecule has 19 heavy (non-hydrogen) atoms. The fraction of sp³-hybridized carbons (Fsp3) is 0.929. The first-order valence-electron chi connectivity index (χ1n) is 7.64. The van der Waals surface area contributed by atoms with Gasteiger partial charge in [0.25, 0.3) is 0 Å². The number of likely N-dealkylation sites (N-methyl/N-ethyl adjacent to an activating group) is 1. The first kappa shape index (κ1) is 14.8. The van der Waals surface area contributed by atoms with Crippen LogP contribution in [0.3, 0.4) is 0 Å². The second kappa shape index (κ2) is 7.22. The van der Waals surface area contributed by atoms with Crippen molar-refractivity contribution >= 4 is 5.91 Å². The SMILES string of the molecule is CN1CCC(N2CCN(CCCCCN)CC2)C1=O. The number of likely N-dealkylation sites (tertiary alicyclic amines) is 1. The average Bonchev–Trinajstić information content (AvgIpc) is 2.76. The second-order valence-electron chi connectivity index (χ2n) is 5.79. The Morgan fingerprint density at radius 2 is 1.84 bits per heavy atom. The summed E-state index contributed by atoms with van der Waals surface area (Å²) in [5.74, 6) is 0.316. The van der Waals surface area contributed by atoms with Crippen LogP contribution in [0.15, 0.2) is 0 Å². The van der Waals surface area contributed by atoms with Gasteiger partial charge in [0.2, 0.25) is 5.91 Å². The first-order chi connectivity index (χ1) is 9.22. The molecule has 2 fully saturated rings. The van der Waals surface area contributed by atoms with E-state index in [4.69, 9.17) is 5.73 Å². The van der Waals surface area contributed by atoms with E-state index in [1.165, 1.54) is 19.4 Å². The van der Waals surface area contributed by atoms with Gasteiger partial charge in [0, 0.05) is 39.8 Å². The smallest absolute Gasteiger partial charge is 0.239 e. The number of rotatable bonds is 6. The molecule has 1 amide bonds. The monoisotopic (exact) mass is 268 g/mol. The van der Waals surface area contributed by atoms with E-state index in [-0.39, 0.29) is 6.04 Å². The lowest BCUT2D eigenvalue weighted by Gasteiger charge is -2.37. The summed E-state index contributed by atoms with van der Waals surface area (Å²) < 4.78 is 0. The summed E-state index contributed by atoms with van der Waals surface area (Å²) in [6.07, 6.45) is 4.64. The summed E-state index contributed by atoms with van der Waals surface area (Å²) in [5, 5.41) is 0. The Kier molecular flexibility index (Phi) is 5.60. The number of nitrogens with two attached hydrogens (primary N) is 1. The standard InChI is InChI=1S/C14H28N4O/c1-16-8-5-13(14(16)19)18-11-9-17(10-12-18)7-4-2-3-6-15/h13H,2-12,15H2,1H3.